The van der Waals surface area contributed by atoms with E-state index in [4.69, 9.17) is 0 Å². The number of fused-ring (bicyclic) bond motifs is 1. The number of aryl methyl sites for hydroxylation is 1. The second kappa shape index (κ2) is 8.47. The van der Waals surface area contributed by atoms with Gasteiger partial charge in [0.05, 0.1) is 0 Å². The maximum absolute atomic E-state index is 15.2. The molecule has 1 fully saturated rings. The molecule has 0 spiro atoms. The van der Waals surface area contributed by atoms with E-state index in [2.05, 4.69) is 32.0 Å². The summed E-state index contributed by atoms with van der Waals surface area (Å²) in [5.74, 6) is 1.46. The van der Waals surface area contributed by atoms with Gasteiger partial charge in [0.2, 0.25) is 0 Å². The molecule has 0 atom stereocenters. The minimum atomic E-state index is -0.101. The normalized spacial score (nSPS) is 19.8. The zero-order chi connectivity index (χ0) is 19.5. The Morgan fingerprint density at radius 2 is 1.64 bits per heavy atom. The molecule has 0 heterocycles. The highest BCUT2D eigenvalue weighted by Gasteiger charge is 2.22. The largest absolute Gasteiger partial charge is 0.206 e. The fourth-order valence-corrected chi connectivity index (χ4v) is 4.80. The molecule has 0 bridgehead atoms. The molecule has 0 aliphatic heterocycles. The number of unbranched alkanes of at least 4 members (excludes halogenated alkanes) is 1. The standard InChI is InChI=1S/C27H31F/c1-3-4-5-20-8-12-21(13-9-20)23-14-16-26-24(18-23)15-17-25(27(26)28)22-10-6-19(2)7-11-22/h6-7,10-11,14-18,20-21H,3-5,8-9,12-13H2,1-2H3. The van der Waals surface area contributed by atoms with Crippen LogP contribution < -0.4 is 0 Å². The molecule has 4 rings (SSSR count). The number of rotatable bonds is 5. The zero-order valence-corrected chi connectivity index (χ0v) is 17.2. The quantitative estimate of drug-likeness (QED) is 0.420. The molecule has 28 heavy (non-hydrogen) atoms. The number of halogens is 1. The molecule has 0 nitrogen and oxygen atoms in total. The van der Waals surface area contributed by atoms with Crippen LogP contribution in [0, 0.1) is 18.7 Å². The minimum absolute atomic E-state index is 0.101. The summed E-state index contributed by atoms with van der Waals surface area (Å²) in [5.41, 5.74) is 4.22. The van der Waals surface area contributed by atoms with E-state index in [0.29, 0.717) is 11.5 Å². The van der Waals surface area contributed by atoms with E-state index >= 15 is 4.39 Å². The van der Waals surface area contributed by atoms with E-state index in [1.54, 1.807) is 0 Å². The molecule has 3 aromatic carbocycles. The molecule has 0 saturated heterocycles. The lowest BCUT2D eigenvalue weighted by Gasteiger charge is -2.29. The lowest BCUT2D eigenvalue weighted by molar-refractivity contribution is 0.304. The SMILES string of the molecule is CCCCC1CCC(c2ccc3c(F)c(-c4ccc(C)cc4)ccc3c2)CC1. The molecule has 1 saturated carbocycles. The first-order valence-electron chi connectivity index (χ1n) is 10.9. The number of hydrogen-bond acceptors (Lipinski definition) is 0. The van der Waals surface area contributed by atoms with Gasteiger partial charge in [-0.05, 0) is 61.0 Å². The smallest absolute Gasteiger partial charge is 0.138 e. The molecule has 1 heteroatoms. The highest BCUT2D eigenvalue weighted by molar-refractivity contribution is 5.89. The third-order valence-corrected chi connectivity index (χ3v) is 6.62. The molecular weight excluding hydrogens is 343 g/mol. The van der Waals surface area contributed by atoms with Crippen molar-refractivity contribution in [1.82, 2.24) is 0 Å². The van der Waals surface area contributed by atoms with Crippen molar-refractivity contribution in [2.75, 3.05) is 0 Å². The Hall–Kier alpha value is -2.15. The van der Waals surface area contributed by atoms with Crippen molar-refractivity contribution in [2.24, 2.45) is 5.92 Å². The van der Waals surface area contributed by atoms with Gasteiger partial charge in [0.25, 0.3) is 0 Å². The van der Waals surface area contributed by atoms with Gasteiger partial charge in [-0.25, -0.2) is 4.39 Å². The van der Waals surface area contributed by atoms with Crippen molar-refractivity contribution >= 4 is 10.8 Å². The van der Waals surface area contributed by atoms with Crippen LogP contribution in [-0.2, 0) is 0 Å². The molecule has 0 unspecified atom stereocenters. The average molecular weight is 375 g/mol. The van der Waals surface area contributed by atoms with Crippen LogP contribution in [0.25, 0.3) is 21.9 Å². The molecule has 3 aromatic rings. The lowest BCUT2D eigenvalue weighted by Crippen LogP contribution is -2.13. The zero-order valence-electron chi connectivity index (χ0n) is 17.2. The van der Waals surface area contributed by atoms with Gasteiger partial charge < -0.3 is 0 Å². The maximum Gasteiger partial charge on any atom is 0.138 e. The van der Waals surface area contributed by atoms with Crippen LogP contribution in [-0.4, -0.2) is 0 Å². The summed E-state index contributed by atoms with van der Waals surface area (Å²) in [5, 5.41) is 1.76. The maximum atomic E-state index is 15.2. The van der Waals surface area contributed by atoms with Gasteiger partial charge in [0, 0.05) is 10.9 Å². The summed E-state index contributed by atoms with van der Waals surface area (Å²) >= 11 is 0. The molecule has 1 aliphatic rings. The van der Waals surface area contributed by atoms with Crippen LogP contribution in [0.5, 0.6) is 0 Å². The average Bonchev–Trinajstić information content (AvgIpc) is 2.73. The van der Waals surface area contributed by atoms with E-state index < -0.39 is 0 Å². The first kappa shape index (κ1) is 19.2. The molecule has 0 N–H and O–H groups in total. The topological polar surface area (TPSA) is 0 Å². The van der Waals surface area contributed by atoms with E-state index in [-0.39, 0.29) is 5.82 Å². The summed E-state index contributed by atoms with van der Waals surface area (Å²) < 4.78 is 15.2. The van der Waals surface area contributed by atoms with Crippen LogP contribution in [0.15, 0.2) is 54.6 Å². The minimum Gasteiger partial charge on any atom is -0.206 e. The van der Waals surface area contributed by atoms with Crippen LogP contribution in [0.4, 0.5) is 4.39 Å². The summed E-state index contributed by atoms with van der Waals surface area (Å²) in [4.78, 5) is 0. The lowest BCUT2D eigenvalue weighted by atomic mass is 9.77. The predicted molar refractivity (Wildman–Crippen MR) is 118 cm³/mol. The highest BCUT2D eigenvalue weighted by Crippen LogP contribution is 2.39. The van der Waals surface area contributed by atoms with Gasteiger partial charge in [0.1, 0.15) is 5.82 Å². The van der Waals surface area contributed by atoms with Gasteiger partial charge in [-0.2, -0.15) is 0 Å². The van der Waals surface area contributed by atoms with Crippen molar-refractivity contribution < 1.29 is 4.39 Å². The molecular formula is C27H31F. The third-order valence-electron chi connectivity index (χ3n) is 6.62. The van der Waals surface area contributed by atoms with Crippen LogP contribution in [0.3, 0.4) is 0 Å². The Morgan fingerprint density at radius 3 is 2.36 bits per heavy atom. The Bertz CT molecular complexity index is 930. The molecule has 146 valence electrons. The second-order valence-electron chi connectivity index (χ2n) is 8.63. The van der Waals surface area contributed by atoms with Gasteiger partial charge in [-0.3, -0.25) is 0 Å². The molecule has 0 aromatic heterocycles. The van der Waals surface area contributed by atoms with E-state index in [1.165, 1.54) is 56.1 Å². The van der Waals surface area contributed by atoms with Crippen LogP contribution >= 0.6 is 0 Å². The fraction of sp³-hybridized carbons (Fsp3) is 0.407. The molecule has 0 radical (unpaired) electrons. The molecule has 1 aliphatic carbocycles. The van der Waals surface area contributed by atoms with Gasteiger partial charge in [0.15, 0.2) is 0 Å². The first-order chi connectivity index (χ1) is 13.7. The van der Waals surface area contributed by atoms with Crippen molar-refractivity contribution in [3.8, 4) is 11.1 Å². The fourth-order valence-electron chi connectivity index (χ4n) is 4.80. The Labute approximate surface area is 168 Å². The van der Waals surface area contributed by atoms with Crippen molar-refractivity contribution in [2.45, 2.75) is 64.7 Å². The third kappa shape index (κ3) is 3.99. The highest BCUT2D eigenvalue weighted by atomic mass is 19.1. The van der Waals surface area contributed by atoms with Gasteiger partial charge in [-0.1, -0.05) is 86.3 Å². The van der Waals surface area contributed by atoms with Gasteiger partial charge >= 0.3 is 0 Å². The molecule has 0 amide bonds. The predicted octanol–water partition coefficient (Wildman–Crippen LogP) is 8.42. The van der Waals surface area contributed by atoms with Gasteiger partial charge in [-0.15, -0.1) is 0 Å². The van der Waals surface area contributed by atoms with Crippen molar-refractivity contribution in [3.05, 3.63) is 71.5 Å². The summed E-state index contributed by atoms with van der Waals surface area (Å²) in [6.45, 7) is 4.34. The van der Waals surface area contributed by atoms with Crippen molar-refractivity contribution in [3.63, 3.8) is 0 Å². The summed E-state index contributed by atoms with van der Waals surface area (Å²) in [6.07, 6.45) is 9.34. The monoisotopic (exact) mass is 374 g/mol. The van der Waals surface area contributed by atoms with E-state index in [1.807, 2.05) is 36.4 Å². The van der Waals surface area contributed by atoms with Crippen LogP contribution in [0.2, 0.25) is 0 Å². The van der Waals surface area contributed by atoms with Crippen LogP contribution in [0.1, 0.15) is 68.9 Å². The van der Waals surface area contributed by atoms with E-state index in [0.717, 1.165) is 22.3 Å². The first-order valence-corrected chi connectivity index (χ1v) is 10.9. The number of benzene rings is 3. The van der Waals surface area contributed by atoms with E-state index in [9.17, 15) is 0 Å². The Balaban J connectivity index is 1.55. The van der Waals surface area contributed by atoms with Crippen molar-refractivity contribution in [1.29, 1.82) is 0 Å². The number of hydrogen-bond donors (Lipinski definition) is 0. The second-order valence-corrected chi connectivity index (χ2v) is 8.63. The Morgan fingerprint density at radius 1 is 0.893 bits per heavy atom. The summed E-state index contributed by atoms with van der Waals surface area (Å²) in [7, 11) is 0. The Kier molecular flexibility index (Phi) is 5.80. The summed E-state index contributed by atoms with van der Waals surface area (Å²) in [6, 6.07) is 18.5.